The van der Waals surface area contributed by atoms with Crippen molar-refractivity contribution in [1.82, 2.24) is 10.2 Å². The number of rotatable bonds is 8. The van der Waals surface area contributed by atoms with E-state index in [1.165, 1.54) is 6.42 Å². The molecule has 1 saturated carbocycles. The first-order chi connectivity index (χ1) is 12.2. The van der Waals surface area contributed by atoms with Gasteiger partial charge in [-0.3, -0.25) is 19.7 Å². The van der Waals surface area contributed by atoms with E-state index >= 15 is 0 Å². The summed E-state index contributed by atoms with van der Waals surface area (Å²) in [7, 11) is 1.81. The number of primary amides is 1. The van der Waals surface area contributed by atoms with E-state index < -0.39 is 24.0 Å². The molecule has 0 spiro atoms. The lowest BCUT2D eigenvalue weighted by molar-refractivity contribution is -0.155. The molecule has 0 aromatic heterocycles. The maximum Gasteiger partial charge on any atom is 0.318 e. The standard InChI is InChI=1S/C17H29N3O5S/c1-11(2)15(16(23)19-17(18)24)25-14(22)10-26-9-13(21)20(3)12-7-5-4-6-8-12/h11-12,15H,4-10H2,1-3H3,(H3,18,19,23,24)/t15-/m0/s1. The van der Waals surface area contributed by atoms with Gasteiger partial charge in [0.2, 0.25) is 5.91 Å². The summed E-state index contributed by atoms with van der Waals surface area (Å²) in [5.41, 5.74) is 4.91. The number of thioether (sulfide) groups is 1. The molecule has 1 aliphatic rings. The Kier molecular flexibility index (Phi) is 9.47. The predicted molar refractivity (Wildman–Crippen MR) is 99.4 cm³/mol. The summed E-state index contributed by atoms with van der Waals surface area (Å²) < 4.78 is 5.13. The van der Waals surface area contributed by atoms with Crippen LogP contribution in [-0.4, -0.2) is 59.4 Å². The molecule has 0 radical (unpaired) electrons. The molecular formula is C17H29N3O5S. The molecule has 8 nitrogen and oxygen atoms in total. The fourth-order valence-corrected chi connectivity index (χ4v) is 3.57. The summed E-state index contributed by atoms with van der Waals surface area (Å²) in [4.78, 5) is 48.5. The molecule has 0 aliphatic heterocycles. The Morgan fingerprint density at radius 2 is 1.77 bits per heavy atom. The highest BCUT2D eigenvalue weighted by Gasteiger charge is 2.27. The molecule has 148 valence electrons. The number of nitrogens with one attached hydrogen (secondary N) is 1. The predicted octanol–water partition coefficient (Wildman–Crippen LogP) is 1.27. The molecule has 0 heterocycles. The van der Waals surface area contributed by atoms with Gasteiger partial charge in [-0.1, -0.05) is 33.1 Å². The zero-order chi connectivity index (χ0) is 19.7. The van der Waals surface area contributed by atoms with Crippen molar-refractivity contribution in [2.45, 2.75) is 58.1 Å². The molecule has 0 saturated heterocycles. The Morgan fingerprint density at radius 3 is 2.31 bits per heavy atom. The fourth-order valence-electron chi connectivity index (χ4n) is 2.86. The van der Waals surface area contributed by atoms with Gasteiger partial charge in [0, 0.05) is 13.1 Å². The Hall–Kier alpha value is -1.77. The van der Waals surface area contributed by atoms with E-state index in [2.05, 4.69) is 0 Å². The van der Waals surface area contributed by atoms with Gasteiger partial charge in [0.05, 0.1) is 11.5 Å². The first kappa shape index (κ1) is 22.3. The Labute approximate surface area is 158 Å². The van der Waals surface area contributed by atoms with E-state index in [1.807, 2.05) is 5.32 Å². The summed E-state index contributed by atoms with van der Waals surface area (Å²) >= 11 is 1.15. The number of nitrogens with two attached hydrogens (primary N) is 1. The number of carbonyl (C=O) groups is 4. The summed E-state index contributed by atoms with van der Waals surface area (Å²) in [6, 6.07) is -0.714. The second kappa shape index (κ2) is 11.1. The molecule has 26 heavy (non-hydrogen) atoms. The molecule has 1 fully saturated rings. The highest BCUT2D eigenvalue weighted by atomic mass is 32.2. The zero-order valence-corrected chi connectivity index (χ0v) is 16.5. The van der Waals surface area contributed by atoms with Crippen LogP contribution < -0.4 is 11.1 Å². The maximum absolute atomic E-state index is 12.2. The van der Waals surface area contributed by atoms with E-state index in [9.17, 15) is 19.2 Å². The molecule has 1 atom stereocenters. The lowest BCUT2D eigenvalue weighted by Crippen LogP contribution is -2.45. The normalized spacial score (nSPS) is 16.0. The van der Waals surface area contributed by atoms with Crippen LogP contribution in [0.25, 0.3) is 0 Å². The van der Waals surface area contributed by atoms with Gasteiger partial charge >= 0.3 is 12.0 Å². The van der Waals surface area contributed by atoms with Crippen molar-refractivity contribution in [3.63, 3.8) is 0 Å². The van der Waals surface area contributed by atoms with Gasteiger partial charge in [-0.2, -0.15) is 0 Å². The van der Waals surface area contributed by atoms with E-state index in [0.717, 1.165) is 37.4 Å². The minimum absolute atomic E-state index is 0.0124. The van der Waals surface area contributed by atoms with Crippen LogP contribution in [0.1, 0.15) is 46.0 Å². The van der Waals surface area contributed by atoms with E-state index in [4.69, 9.17) is 10.5 Å². The minimum atomic E-state index is -1.10. The third-order valence-corrected chi connectivity index (χ3v) is 5.22. The Morgan fingerprint density at radius 1 is 1.15 bits per heavy atom. The SMILES string of the molecule is CC(C)[C@H](OC(=O)CSCC(=O)N(C)C1CCCCC1)C(=O)NC(N)=O. The lowest BCUT2D eigenvalue weighted by atomic mass is 9.94. The molecule has 9 heteroatoms. The Balaban J connectivity index is 2.38. The minimum Gasteiger partial charge on any atom is -0.451 e. The van der Waals surface area contributed by atoms with Gasteiger partial charge in [0.25, 0.3) is 5.91 Å². The van der Waals surface area contributed by atoms with Gasteiger partial charge in [0.1, 0.15) is 0 Å². The number of imide groups is 1. The number of hydrogen-bond donors (Lipinski definition) is 2. The summed E-state index contributed by atoms with van der Waals surface area (Å²) in [6.45, 7) is 3.38. The third kappa shape index (κ3) is 7.63. The number of carbonyl (C=O) groups excluding carboxylic acids is 4. The molecule has 0 aromatic carbocycles. The smallest absolute Gasteiger partial charge is 0.318 e. The topological polar surface area (TPSA) is 119 Å². The molecule has 1 rings (SSSR count). The first-order valence-corrected chi connectivity index (χ1v) is 10.0. The second-order valence-electron chi connectivity index (χ2n) is 6.80. The molecule has 0 unspecified atom stereocenters. The number of amides is 4. The van der Waals surface area contributed by atoms with Crippen molar-refractivity contribution in [2.75, 3.05) is 18.6 Å². The number of nitrogens with zero attached hydrogens (tertiary/aromatic N) is 1. The van der Waals surface area contributed by atoms with Gasteiger partial charge in [-0.15, -0.1) is 11.8 Å². The van der Waals surface area contributed by atoms with E-state index in [1.54, 1.807) is 25.8 Å². The second-order valence-corrected chi connectivity index (χ2v) is 7.78. The fraction of sp³-hybridized carbons (Fsp3) is 0.765. The first-order valence-electron chi connectivity index (χ1n) is 8.85. The molecule has 3 N–H and O–H groups in total. The van der Waals surface area contributed by atoms with Crippen LogP contribution in [0.15, 0.2) is 0 Å². The molecule has 1 aliphatic carbocycles. The molecule has 0 bridgehead atoms. The summed E-state index contributed by atoms with van der Waals surface area (Å²) in [5, 5.41) is 1.91. The lowest BCUT2D eigenvalue weighted by Gasteiger charge is -2.31. The Bertz CT molecular complexity index is 521. The molecular weight excluding hydrogens is 358 g/mol. The monoisotopic (exact) mass is 387 g/mol. The zero-order valence-electron chi connectivity index (χ0n) is 15.7. The third-order valence-electron chi connectivity index (χ3n) is 4.33. The van der Waals surface area contributed by atoms with Crippen molar-refractivity contribution in [3.8, 4) is 0 Å². The number of esters is 1. The van der Waals surface area contributed by atoms with Crippen LogP contribution in [0.2, 0.25) is 0 Å². The summed E-state index contributed by atoms with van der Waals surface area (Å²) in [6.07, 6.45) is 4.47. The molecule has 4 amide bonds. The van der Waals surface area contributed by atoms with Gasteiger partial charge < -0.3 is 15.4 Å². The van der Waals surface area contributed by atoms with Gasteiger partial charge in [-0.25, -0.2) is 4.79 Å². The van der Waals surface area contributed by atoms with Gasteiger partial charge in [0.15, 0.2) is 6.10 Å². The van der Waals surface area contributed by atoms with Crippen molar-refractivity contribution >= 4 is 35.6 Å². The van der Waals surface area contributed by atoms with Crippen LogP contribution in [0, 0.1) is 5.92 Å². The van der Waals surface area contributed by atoms with E-state index in [-0.39, 0.29) is 29.4 Å². The average Bonchev–Trinajstić information content (AvgIpc) is 2.58. The highest BCUT2D eigenvalue weighted by Crippen LogP contribution is 2.22. The van der Waals surface area contributed by atoms with E-state index in [0.29, 0.717) is 0 Å². The van der Waals surface area contributed by atoms with Crippen LogP contribution in [0.3, 0.4) is 0 Å². The van der Waals surface area contributed by atoms with Crippen LogP contribution >= 0.6 is 11.8 Å². The quantitative estimate of drug-likeness (QED) is 0.606. The highest BCUT2D eigenvalue weighted by molar-refractivity contribution is 8.00. The number of urea groups is 1. The van der Waals surface area contributed by atoms with Crippen molar-refractivity contribution in [1.29, 1.82) is 0 Å². The van der Waals surface area contributed by atoms with Crippen molar-refractivity contribution in [3.05, 3.63) is 0 Å². The van der Waals surface area contributed by atoms with Crippen LogP contribution in [0.4, 0.5) is 4.79 Å². The maximum atomic E-state index is 12.2. The largest absolute Gasteiger partial charge is 0.451 e. The van der Waals surface area contributed by atoms with Crippen molar-refractivity contribution < 1.29 is 23.9 Å². The van der Waals surface area contributed by atoms with Gasteiger partial charge in [-0.05, 0) is 18.8 Å². The number of ether oxygens (including phenoxy) is 1. The summed E-state index contributed by atoms with van der Waals surface area (Å²) in [5.74, 6) is -1.55. The van der Waals surface area contributed by atoms with Crippen LogP contribution in [0.5, 0.6) is 0 Å². The number of hydrogen-bond acceptors (Lipinski definition) is 6. The average molecular weight is 388 g/mol. The van der Waals surface area contributed by atoms with Crippen molar-refractivity contribution in [2.24, 2.45) is 11.7 Å². The van der Waals surface area contributed by atoms with Crippen LogP contribution in [-0.2, 0) is 19.1 Å². The molecule has 0 aromatic rings.